The van der Waals surface area contributed by atoms with Gasteiger partial charge in [-0.15, -0.1) is 0 Å². The van der Waals surface area contributed by atoms with E-state index in [-0.39, 0.29) is 17.9 Å². The number of aromatic nitrogens is 1. The number of aryl methyl sites for hydroxylation is 1. The zero-order valence-electron chi connectivity index (χ0n) is 11.7. The Balaban J connectivity index is 1.98. The van der Waals surface area contributed by atoms with Gasteiger partial charge in [-0.3, -0.25) is 9.78 Å². The molecule has 0 radical (unpaired) electrons. The Kier molecular flexibility index (Phi) is 4.91. The Bertz CT molecular complexity index is 411. The van der Waals surface area contributed by atoms with Crippen LogP contribution in [0.1, 0.15) is 43.5 Å². The van der Waals surface area contributed by atoms with Crippen LogP contribution in [0.4, 0.5) is 0 Å². The van der Waals surface area contributed by atoms with E-state index in [4.69, 9.17) is 4.74 Å². The van der Waals surface area contributed by atoms with Crippen LogP contribution in [0.5, 0.6) is 0 Å². The van der Waals surface area contributed by atoms with E-state index in [0.29, 0.717) is 13.2 Å². The maximum atomic E-state index is 12.2. The van der Waals surface area contributed by atoms with Crippen LogP contribution < -0.4 is 5.32 Å². The number of carbonyl (C=O) groups is 1. The Labute approximate surface area is 114 Å². The van der Waals surface area contributed by atoms with Crippen LogP contribution in [0, 0.1) is 12.8 Å². The summed E-state index contributed by atoms with van der Waals surface area (Å²) >= 11 is 0. The molecule has 0 aliphatic carbocycles. The van der Waals surface area contributed by atoms with E-state index in [1.807, 2.05) is 25.3 Å². The number of nitrogens with zero attached hydrogens (tertiary/aromatic N) is 1. The summed E-state index contributed by atoms with van der Waals surface area (Å²) in [4.78, 5) is 16.6. The highest BCUT2D eigenvalue weighted by Gasteiger charge is 2.24. The molecule has 2 heterocycles. The number of hydrogen-bond acceptors (Lipinski definition) is 3. The first-order valence-corrected chi connectivity index (χ1v) is 7.01. The number of nitrogens with one attached hydrogen (secondary N) is 1. The highest BCUT2D eigenvalue weighted by molar-refractivity contribution is 5.79. The first-order valence-electron chi connectivity index (χ1n) is 7.01. The SMILES string of the molecule is CC[C@H](NC(=O)C1CCOCC1)c1ccc(C)cn1. The lowest BCUT2D eigenvalue weighted by atomic mass is 9.98. The predicted molar refractivity (Wildman–Crippen MR) is 73.7 cm³/mol. The molecule has 2 rings (SSSR count). The summed E-state index contributed by atoms with van der Waals surface area (Å²) in [5.74, 6) is 0.228. The van der Waals surface area contributed by atoms with Crippen LogP contribution in [0.15, 0.2) is 18.3 Å². The average Bonchev–Trinajstić information content (AvgIpc) is 2.46. The molecule has 4 heteroatoms. The molecule has 0 bridgehead atoms. The summed E-state index contributed by atoms with van der Waals surface area (Å²) in [6.07, 6.45) is 4.34. The lowest BCUT2D eigenvalue weighted by molar-refractivity contribution is -0.128. The zero-order valence-corrected chi connectivity index (χ0v) is 11.7. The normalized spacial score (nSPS) is 18.0. The summed E-state index contributed by atoms with van der Waals surface area (Å²) in [7, 11) is 0. The molecule has 0 spiro atoms. The number of rotatable bonds is 4. The van der Waals surface area contributed by atoms with E-state index in [9.17, 15) is 4.79 Å². The van der Waals surface area contributed by atoms with Gasteiger partial charge in [-0.05, 0) is 37.8 Å². The minimum absolute atomic E-state index is 0.0101. The van der Waals surface area contributed by atoms with Crippen molar-refractivity contribution in [2.45, 2.75) is 39.2 Å². The Hall–Kier alpha value is -1.42. The van der Waals surface area contributed by atoms with Gasteiger partial charge in [-0.25, -0.2) is 0 Å². The van der Waals surface area contributed by atoms with Gasteiger partial charge in [0.15, 0.2) is 0 Å². The second kappa shape index (κ2) is 6.66. The molecular weight excluding hydrogens is 240 g/mol. The molecule has 0 aromatic carbocycles. The van der Waals surface area contributed by atoms with Crippen molar-refractivity contribution in [1.82, 2.24) is 10.3 Å². The summed E-state index contributed by atoms with van der Waals surface area (Å²) in [6, 6.07) is 4.04. The van der Waals surface area contributed by atoms with E-state index < -0.39 is 0 Å². The molecule has 0 saturated carbocycles. The largest absolute Gasteiger partial charge is 0.381 e. The monoisotopic (exact) mass is 262 g/mol. The fourth-order valence-corrected chi connectivity index (χ4v) is 2.32. The number of carbonyl (C=O) groups excluding carboxylic acids is 1. The van der Waals surface area contributed by atoms with Crippen LogP contribution >= 0.6 is 0 Å². The maximum Gasteiger partial charge on any atom is 0.223 e. The molecule has 4 nitrogen and oxygen atoms in total. The minimum atomic E-state index is 0.0101. The number of ether oxygens (including phenoxy) is 1. The molecule has 1 aromatic heterocycles. The van der Waals surface area contributed by atoms with Gasteiger partial charge in [-0.2, -0.15) is 0 Å². The quantitative estimate of drug-likeness (QED) is 0.906. The van der Waals surface area contributed by atoms with Gasteiger partial charge in [0.05, 0.1) is 11.7 Å². The van der Waals surface area contributed by atoms with Crippen LogP contribution in [-0.4, -0.2) is 24.1 Å². The standard InChI is InChI=1S/C15H22N2O2/c1-3-13(14-5-4-11(2)10-16-14)17-15(18)12-6-8-19-9-7-12/h4-5,10,12-13H,3,6-9H2,1-2H3,(H,17,18)/t13-/m0/s1. The van der Waals surface area contributed by atoms with Crippen LogP contribution in [-0.2, 0) is 9.53 Å². The second-order valence-electron chi connectivity index (χ2n) is 5.12. The zero-order chi connectivity index (χ0) is 13.7. The molecule has 1 N–H and O–H groups in total. The van der Waals surface area contributed by atoms with Crippen LogP contribution in [0.3, 0.4) is 0 Å². The molecule has 1 saturated heterocycles. The van der Waals surface area contributed by atoms with E-state index in [0.717, 1.165) is 30.5 Å². The van der Waals surface area contributed by atoms with Crippen molar-refractivity contribution >= 4 is 5.91 Å². The average molecular weight is 262 g/mol. The van der Waals surface area contributed by atoms with E-state index >= 15 is 0 Å². The fraction of sp³-hybridized carbons (Fsp3) is 0.600. The topological polar surface area (TPSA) is 51.2 Å². The number of amides is 1. The van der Waals surface area contributed by atoms with E-state index in [1.54, 1.807) is 0 Å². The van der Waals surface area contributed by atoms with Gasteiger partial charge < -0.3 is 10.1 Å². The summed E-state index contributed by atoms with van der Waals surface area (Å²) in [5.41, 5.74) is 2.07. The lowest BCUT2D eigenvalue weighted by Crippen LogP contribution is -2.36. The third-order valence-corrected chi connectivity index (χ3v) is 3.61. The highest BCUT2D eigenvalue weighted by Crippen LogP contribution is 2.19. The molecule has 19 heavy (non-hydrogen) atoms. The third kappa shape index (κ3) is 3.77. The van der Waals surface area contributed by atoms with Crippen molar-refractivity contribution in [3.63, 3.8) is 0 Å². The fourth-order valence-electron chi connectivity index (χ4n) is 2.32. The van der Waals surface area contributed by atoms with Crippen molar-refractivity contribution in [1.29, 1.82) is 0 Å². The van der Waals surface area contributed by atoms with Crippen molar-refractivity contribution < 1.29 is 9.53 Å². The van der Waals surface area contributed by atoms with Crippen molar-refractivity contribution in [2.75, 3.05) is 13.2 Å². The van der Waals surface area contributed by atoms with E-state index in [1.165, 1.54) is 0 Å². The third-order valence-electron chi connectivity index (χ3n) is 3.61. The molecule has 1 aliphatic heterocycles. The summed E-state index contributed by atoms with van der Waals surface area (Å²) in [5, 5.41) is 3.12. The molecule has 104 valence electrons. The molecular formula is C15H22N2O2. The first kappa shape index (κ1) is 14.0. The van der Waals surface area contributed by atoms with Crippen LogP contribution in [0.25, 0.3) is 0 Å². The van der Waals surface area contributed by atoms with E-state index in [2.05, 4.69) is 17.2 Å². The van der Waals surface area contributed by atoms with Gasteiger partial charge in [0, 0.05) is 25.3 Å². The smallest absolute Gasteiger partial charge is 0.223 e. The molecule has 1 fully saturated rings. The van der Waals surface area contributed by atoms with Crippen molar-refractivity contribution in [3.05, 3.63) is 29.6 Å². The molecule has 1 atom stereocenters. The first-order chi connectivity index (χ1) is 9.20. The van der Waals surface area contributed by atoms with Crippen LogP contribution in [0.2, 0.25) is 0 Å². The molecule has 1 aromatic rings. The van der Waals surface area contributed by atoms with Gasteiger partial charge in [0.2, 0.25) is 5.91 Å². The Morgan fingerprint density at radius 1 is 1.47 bits per heavy atom. The van der Waals surface area contributed by atoms with Gasteiger partial charge in [0.1, 0.15) is 0 Å². The molecule has 0 unspecified atom stereocenters. The van der Waals surface area contributed by atoms with Gasteiger partial charge >= 0.3 is 0 Å². The lowest BCUT2D eigenvalue weighted by Gasteiger charge is -2.24. The maximum absolute atomic E-state index is 12.2. The number of hydrogen-bond donors (Lipinski definition) is 1. The Morgan fingerprint density at radius 2 is 2.21 bits per heavy atom. The second-order valence-corrected chi connectivity index (χ2v) is 5.12. The van der Waals surface area contributed by atoms with Crippen molar-refractivity contribution in [3.8, 4) is 0 Å². The molecule has 1 aliphatic rings. The molecule has 1 amide bonds. The predicted octanol–water partition coefficient (Wildman–Crippen LogP) is 2.38. The minimum Gasteiger partial charge on any atom is -0.381 e. The van der Waals surface area contributed by atoms with Gasteiger partial charge in [0.25, 0.3) is 0 Å². The van der Waals surface area contributed by atoms with Gasteiger partial charge in [-0.1, -0.05) is 13.0 Å². The Morgan fingerprint density at radius 3 is 2.79 bits per heavy atom. The van der Waals surface area contributed by atoms with Crippen molar-refractivity contribution in [2.24, 2.45) is 5.92 Å². The summed E-state index contributed by atoms with van der Waals surface area (Å²) < 4.78 is 5.29. The highest BCUT2D eigenvalue weighted by atomic mass is 16.5. The summed E-state index contributed by atoms with van der Waals surface area (Å²) in [6.45, 7) is 5.46. The number of pyridine rings is 1.